The van der Waals surface area contributed by atoms with Crippen molar-refractivity contribution in [3.63, 3.8) is 0 Å². The summed E-state index contributed by atoms with van der Waals surface area (Å²) in [6.07, 6.45) is 11.3. The number of fused-ring (bicyclic) bond motifs is 4. The first-order valence-corrected chi connectivity index (χ1v) is 10.2. The Morgan fingerprint density at radius 1 is 1.24 bits per heavy atom. The molecule has 8 atom stereocenters. The van der Waals surface area contributed by atoms with E-state index in [9.17, 15) is 9.90 Å². The number of carbonyl (C=O) groups excluding carboxylic acids is 1. The molecule has 8 unspecified atom stereocenters. The number of aliphatic hydroxyl groups is 1. The Kier molecular flexibility index (Phi) is 3.30. The molecule has 0 amide bonds. The smallest absolute Gasteiger partial charge is 0.178 e. The highest BCUT2D eigenvalue weighted by Crippen LogP contribution is 2.68. The van der Waals surface area contributed by atoms with E-state index in [0.717, 1.165) is 37.6 Å². The van der Waals surface area contributed by atoms with Crippen LogP contribution in [0, 0.1) is 34.5 Å². The molecule has 1 heterocycles. The third-order valence-electron chi connectivity index (χ3n) is 9.11. The number of hydrogen-bond acceptors (Lipinski definition) is 3. The lowest BCUT2D eigenvalue weighted by Gasteiger charge is -2.58. The van der Waals surface area contributed by atoms with Gasteiger partial charge in [0.05, 0.1) is 6.10 Å². The van der Waals surface area contributed by atoms with Crippen molar-refractivity contribution >= 4 is 5.78 Å². The maximum absolute atomic E-state index is 11.9. The fourth-order valence-corrected chi connectivity index (χ4v) is 8.09. The van der Waals surface area contributed by atoms with Crippen molar-refractivity contribution in [2.45, 2.75) is 58.1 Å². The van der Waals surface area contributed by atoms with Crippen molar-refractivity contribution in [2.24, 2.45) is 34.5 Å². The standard InChI is InChI=1S/C22H31NO2/c1-13-17-6-7-18-16-5-4-14-10-15(24)8-9-21(14,2)20(16)19(25)11-22(17,18)12-23(13)3/h8-10,13,16-20,25H,4-7,11-12H2,1-3H3. The van der Waals surface area contributed by atoms with Crippen molar-refractivity contribution in [3.8, 4) is 0 Å². The van der Waals surface area contributed by atoms with Gasteiger partial charge < -0.3 is 10.0 Å². The Balaban J connectivity index is 1.55. The zero-order valence-corrected chi connectivity index (χ0v) is 15.7. The molecule has 4 aliphatic carbocycles. The van der Waals surface area contributed by atoms with E-state index in [1.807, 2.05) is 6.08 Å². The molecule has 1 aliphatic heterocycles. The average molecular weight is 341 g/mol. The molecule has 25 heavy (non-hydrogen) atoms. The maximum atomic E-state index is 11.9. The van der Waals surface area contributed by atoms with Crippen molar-refractivity contribution in [1.82, 2.24) is 4.90 Å². The molecule has 0 aromatic carbocycles. The highest BCUT2D eigenvalue weighted by Gasteiger charge is 2.66. The predicted molar refractivity (Wildman–Crippen MR) is 97.9 cm³/mol. The van der Waals surface area contributed by atoms with Crippen molar-refractivity contribution in [3.05, 3.63) is 23.8 Å². The van der Waals surface area contributed by atoms with Gasteiger partial charge >= 0.3 is 0 Å². The zero-order chi connectivity index (χ0) is 17.6. The van der Waals surface area contributed by atoms with Gasteiger partial charge in [-0.05, 0) is 81.4 Å². The van der Waals surface area contributed by atoms with Crippen molar-refractivity contribution in [2.75, 3.05) is 13.6 Å². The number of ketones is 1. The van der Waals surface area contributed by atoms with Crippen LogP contribution in [0.5, 0.6) is 0 Å². The van der Waals surface area contributed by atoms with Crippen LogP contribution < -0.4 is 0 Å². The number of likely N-dealkylation sites (tertiary alicyclic amines) is 1. The molecule has 5 aliphatic rings. The Bertz CT molecular complexity index is 682. The number of allylic oxidation sites excluding steroid dienone is 4. The third-order valence-corrected chi connectivity index (χ3v) is 9.11. The summed E-state index contributed by atoms with van der Waals surface area (Å²) in [6.45, 7) is 5.83. The van der Waals surface area contributed by atoms with Crippen LogP contribution in [0.25, 0.3) is 0 Å². The lowest BCUT2D eigenvalue weighted by atomic mass is 9.46. The van der Waals surface area contributed by atoms with E-state index < -0.39 is 0 Å². The second-order valence-corrected chi connectivity index (χ2v) is 9.87. The third kappa shape index (κ3) is 1.92. The van der Waals surface area contributed by atoms with Gasteiger partial charge in [0.25, 0.3) is 0 Å². The SMILES string of the molecule is CC1C2CCC3C4CCC5=CC(=O)C=CC5(C)C4C(O)CC32CN1C. The van der Waals surface area contributed by atoms with E-state index in [2.05, 4.69) is 31.9 Å². The van der Waals surface area contributed by atoms with Gasteiger partial charge in [-0.15, -0.1) is 0 Å². The zero-order valence-electron chi connectivity index (χ0n) is 15.7. The van der Waals surface area contributed by atoms with Crippen molar-refractivity contribution < 1.29 is 9.90 Å². The van der Waals surface area contributed by atoms with Gasteiger partial charge in [-0.25, -0.2) is 0 Å². The Morgan fingerprint density at radius 3 is 2.80 bits per heavy atom. The van der Waals surface area contributed by atoms with Crippen LogP contribution in [0.2, 0.25) is 0 Å². The summed E-state index contributed by atoms with van der Waals surface area (Å²) in [5, 5.41) is 11.4. The molecule has 1 saturated heterocycles. The maximum Gasteiger partial charge on any atom is 0.178 e. The molecule has 3 saturated carbocycles. The van der Waals surface area contributed by atoms with Crippen LogP contribution in [0.3, 0.4) is 0 Å². The fourth-order valence-electron chi connectivity index (χ4n) is 8.09. The lowest BCUT2D eigenvalue weighted by molar-refractivity contribution is -0.117. The van der Waals surface area contributed by atoms with Crippen LogP contribution in [0.4, 0.5) is 0 Å². The van der Waals surface area contributed by atoms with E-state index in [-0.39, 0.29) is 23.2 Å². The summed E-state index contributed by atoms with van der Waals surface area (Å²) >= 11 is 0. The highest BCUT2D eigenvalue weighted by atomic mass is 16.3. The van der Waals surface area contributed by atoms with Crippen LogP contribution in [0.1, 0.15) is 46.0 Å². The Hall–Kier alpha value is -0.930. The summed E-state index contributed by atoms with van der Waals surface area (Å²) in [4.78, 5) is 14.4. The number of hydrogen-bond donors (Lipinski definition) is 1. The van der Waals surface area contributed by atoms with E-state index in [0.29, 0.717) is 17.4 Å². The molecular formula is C22H31NO2. The van der Waals surface area contributed by atoms with Crippen LogP contribution in [-0.4, -0.2) is 41.5 Å². The van der Waals surface area contributed by atoms with Gasteiger partial charge in [0, 0.05) is 23.9 Å². The van der Waals surface area contributed by atoms with Crippen molar-refractivity contribution in [1.29, 1.82) is 0 Å². The van der Waals surface area contributed by atoms with Gasteiger partial charge in [-0.1, -0.05) is 18.6 Å². The first-order chi connectivity index (χ1) is 11.9. The molecule has 0 bridgehead atoms. The number of carbonyl (C=O) groups is 1. The molecule has 3 nitrogen and oxygen atoms in total. The fraction of sp³-hybridized carbons (Fsp3) is 0.773. The monoisotopic (exact) mass is 341 g/mol. The summed E-state index contributed by atoms with van der Waals surface area (Å²) < 4.78 is 0. The summed E-state index contributed by atoms with van der Waals surface area (Å²) in [6, 6.07) is 0.649. The number of nitrogens with zero attached hydrogens (tertiary/aromatic N) is 1. The number of rotatable bonds is 0. The Labute approximate surface area is 151 Å². The van der Waals surface area contributed by atoms with E-state index in [1.165, 1.54) is 18.4 Å². The molecule has 0 radical (unpaired) electrons. The molecule has 0 aromatic heterocycles. The van der Waals surface area contributed by atoms with Gasteiger partial charge in [-0.2, -0.15) is 0 Å². The van der Waals surface area contributed by atoms with Gasteiger partial charge in [0.1, 0.15) is 0 Å². The minimum atomic E-state index is -0.243. The summed E-state index contributed by atoms with van der Waals surface area (Å²) in [7, 11) is 2.27. The van der Waals surface area contributed by atoms with E-state index in [1.54, 1.807) is 6.08 Å². The topological polar surface area (TPSA) is 40.5 Å². The molecule has 1 N–H and O–H groups in total. The second-order valence-electron chi connectivity index (χ2n) is 9.87. The van der Waals surface area contributed by atoms with Gasteiger partial charge in [0.15, 0.2) is 5.78 Å². The molecular weight excluding hydrogens is 310 g/mol. The van der Waals surface area contributed by atoms with E-state index in [4.69, 9.17) is 0 Å². The minimum absolute atomic E-state index is 0.119. The average Bonchev–Trinajstić information content (AvgIpc) is 3.02. The Morgan fingerprint density at radius 2 is 2.00 bits per heavy atom. The molecule has 4 fully saturated rings. The lowest BCUT2D eigenvalue weighted by Crippen LogP contribution is -2.57. The molecule has 136 valence electrons. The van der Waals surface area contributed by atoms with Crippen LogP contribution in [-0.2, 0) is 4.79 Å². The summed E-state index contributed by atoms with van der Waals surface area (Å²) in [5.41, 5.74) is 1.48. The second kappa shape index (κ2) is 5.07. The molecule has 3 heteroatoms. The number of aliphatic hydroxyl groups excluding tert-OH is 1. The highest BCUT2D eigenvalue weighted by molar-refractivity contribution is 6.01. The quantitative estimate of drug-likeness (QED) is 0.735. The minimum Gasteiger partial charge on any atom is -0.393 e. The molecule has 1 spiro atoms. The predicted octanol–water partition coefficient (Wildman–Crippen LogP) is 3.20. The normalized spacial score (nSPS) is 54.6. The van der Waals surface area contributed by atoms with Gasteiger partial charge in [-0.3, -0.25) is 4.79 Å². The van der Waals surface area contributed by atoms with Crippen LogP contribution in [0.15, 0.2) is 23.8 Å². The summed E-state index contributed by atoms with van der Waals surface area (Å²) in [5.74, 6) is 2.52. The largest absolute Gasteiger partial charge is 0.393 e. The first kappa shape index (κ1) is 16.3. The molecule has 5 rings (SSSR count). The molecule has 0 aromatic rings. The van der Waals surface area contributed by atoms with E-state index >= 15 is 0 Å². The first-order valence-electron chi connectivity index (χ1n) is 10.2. The van der Waals surface area contributed by atoms with Crippen LogP contribution >= 0.6 is 0 Å². The van der Waals surface area contributed by atoms with Gasteiger partial charge in [0.2, 0.25) is 0 Å².